The summed E-state index contributed by atoms with van der Waals surface area (Å²) < 4.78 is 4.06. The van der Waals surface area contributed by atoms with Crippen molar-refractivity contribution in [2.75, 3.05) is 0 Å². The van der Waals surface area contributed by atoms with Crippen molar-refractivity contribution in [3.05, 3.63) is 47.4 Å². The normalized spacial score (nSPS) is 12.9. The molecule has 6 heteroatoms. The average molecular weight is 439 g/mol. The maximum Gasteiger partial charge on any atom is 0.227 e. The Morgan fingerprint density at radius 1 is 1.19 bits per heavy atom. The molecule has 0 bridgehead atoms. The third-order valence-electron chi connectivity index (χ3n) is 6.16. The van der Waals surface area contributed by atoms with Crippen LogP contribution in [0.4, 0.5) is 0 Å². The molecule has 32 heavy (non-hydrogen) atoms. The van der Waals surface area contributed by atoms with E-state index in [1.807, 2.05) is 30.8 Å². The standard InChI is InChI=1S/C26H38N4O2/c1-7-8-9-10-13-30-19(14-24(28-30)26(3,4)5)16-27-25(32)18(2)22-17-29(6)23-12-11-20(31)15-21(22)23/h11-12,14-15,17-18,31H,7-10,13,16H2,1-6H3,(H,27,32). The lowest BCUT2D eigenvalue weighted by atomic mass is 9.92. The molecule has 0 radical (unpaired) electrons. The number of hydrogen-bond acceptors (Lipinski definition) is 3. The number of unbranched alkanes of at least 4 members (excludes halogenated alkanes) is 3. The van der Waals surface area contributed by atoms with Gasteiger partial charge < -0.3 is 15.0 Å². The zero-order chi connectivity index (χ0) is 23.5. The van der Waals surface area contributed by atoms with E-state index in [4.69, 9.17) is 5.10 Å². The molecular weight excluding hydrogens is 400 g/mol. The number of carbonyl (C=O) groups is 1. The molecule has 174 valence electrons. The molecule has 3 aromatic rings. The van der Waals surface area contributed by atoms with Crippen LogP contribution in [-0.4, -0.2) is 25.4 Å². The lowest BCUT2D eigenvalue weighted by Gasteiger charge is -2.14. The van der Waals surface area contributed by atoms with Crippen LogP contribution in [-0.2, 0) is 30.3 Å². The van der Waals surface area contributed by atoms with E-state index >= 15 is 0 Å². The van der Waals surface area contributed by atoms with Crippen LogP contribution in [0.15, 0.2) is 30.5 Å². The molecule has 0 aliphatic carbocycles. The first-order chi connectivity index (χ1) is 15.1. The van der Waals surface area contributed by atoms with Gasteiger partial charge in [-0.05, 0) is 43.2 Å². The number of benzene rings is 1. The van der Waals surface area contributed by atoms with Gasteiger partial charge in [-0.2, -0.15) is 5.10 Å². The van der Waals surface area contributed by atoms with Gasteiger partial charge in [-0.3, -0.25) is 9.48 Å². The van der Waals surface area contributed by atoms with Gasteiger partial charge in [-0.15, -0.1) is 0 Å². The lowest BCUT2D eigenvalue weighted by Crippen LogP contribution is -2.28. The molecule has 1 aromatic carbocycles. The van der Waals surface area contributed by atoms with Gasteiger partial charge in [0.1, 0.15) is 5.75 Å². The van der Waals surface area contributed by atoms with Gasteiger partial charge in [0, 0.05) is 36.1 Å². The predicted octanol–water partition coefficient (Wildman–Crippen LogP) is 5.38. The van der Waals surface area contributed by atoms with Gasteiger partial charge in [-0.25, -0.2) is 0 Å². The van der Waals surface area contributed by atoms with Crippen molar-refractivity contribution in [3.8, 4) is 5.75 Å². The summed E-state index contributed by atoms with van der Waals surface area (Å²) in [7, 11) is 1.96. The smallest absolute Gasteiger partial charge is 0.227 e. The van der Waals surface area contributed by atoms with Crippen LogP contribution in [0.1, 0.15) is 83.2 Å². The second-order valence-corrected chi connectivity index (χ2v) is 9.89. The van der Waals surface area contributed by atoms with Crippen molar-refractivity contribution in [3.63, 3.8) is 0 Å². The van der Waals surface area contributed by atoms with Crippen molar-refractivity contribution < 1.29 is 9.90 Å². The van der Waals surface area contributed by atoms with Crippen LogP contribution in [0, 0.1) is 0 Å². The highest BCUT2D eigenvalue weighted by atomic mass is 16.3. The minimum absolute atomic E-state index is 0.0307. The fourth-order valence-corrected chi connectivity index (χ4v) is 4.07. The zero-order valence-electron chi connectivity index (χ0n) is 20.4. The summed E-state index contributed by atoms with van der Waals surface area (Å²) in [5.41, 5.74) is 3.97. The largest absolute Gasteiger partial charge is 0.508 e. The fraction of sp³-hybridized carbons (Fsp3) is 0.538. The minimum Gasteiger partial charge on any atom is -0.508 e. The van der Waals surface area contributed by atoms with Gasteiger partial charge in [0.25, 0.3) is 0 Å². The third-order valence-corrected chi connectivity index (χ3v) is 6.16. The second kappa shape index (κ2) is 9.80. The Morgan fingerprint density at radius 2 is 1.94 bits per heavy atom. The molecule has 6 nitrogen and oxygen atoms in total. The lowest BCUT2D eigenvalue weighted by molar-refractivity contribution is -0.122. The minimum atomic E-state index is -0.330. The molecule has 3 rings (SSSR count). The topological polar surface area (TPSA) is 72.1 Å². The van der Waals surface area contributed by atoms with Crippen LogP contribution < -0.4 is 5.32 Å². The van der Waals surface area contributed by atoms with Crippen molar-refractivity contribution in [2.24, 2.45) is 7.05 Å². The Hall–Kier alpha value is -2.76. The molecule has 1 atom stereocenters. The first-order valence-electron chi connectivity index (χ1n) is 11.7. The highest BCUT2D eigenvalue weighted by Crippen LogP contribution is 2.30. The molecule has 2 heterocycles. The summed E-state index contributed by atoms with van der Waals surface area (Å²) in [5, 5.41) is 18.8. The summed E-state index contributed by atoms with van der Waals surface area (Å²) >= 11 is 0. The molecule has 0 aliphatic rings. The number of nitrogens with zero attached hydrogens (tertiary/aromatic N) is 3. The molecule has 0 aliphatic heterocycles. The number of nitrogens with one attached hydrogen (secondary N) is 1. The number of amides is 1. The van der Waals surface area contributed by atoms with Gasteiger partial charge in [0.05, 0.1) is 23.9 Å². The monoisotopic (exact) mass is 438 g/mol. The molecule has 0 saturated carbocycles. The van der Waals surface area contributed by atoms with Crippen LogP contribution in [0.3, 0.4) is 0 Å². The predicted molar refractivity (Wildman–Crippen MR) is 130 cm³/mol. The Kier molecular flexibility index (Phi) is 7.32. The number of aromatic hydroxyl groups is 1. The highest BCUT2D eigenvalue weighted by Gasteiger charge is 2.23. The molecule has 0 spiro atoms. The molecule has 1 amide bonds. The number of phenolic OH excluding ortho intramolecular Hbond substituents is 1. The third kappa shape index (κ3) is 5.34. The van der Waals surface area contributed by atoms with E-state index in [0.717, 1.165) is 40.8 Å². The van der Waals surface area contributed by atoms with E-state index in [0.29, 0.717) is 6.54 Å². The zero-order valence-corrected chi connectivity index (χ0v) is 20.4. The van der Waals surface area contributed by atoms with E-state index in [9.17, 15) is 9.90 Å². The first kappa shape index (κ1) is 23.9. The second-order valence-electron chi connectivity index (χ2n) is 9.89. The number of phenols is 1. The maximum atomic E-state index is 13.1. The number of aromatic nitrogens is 3. The van der Waals surface area contributed by atoms with Gasteiger partial charge in [-0.1, -0.05) is 47.0 Å². The van der Waals surface area contributed by atoms with Crippen molar-refractivity contribution in [1.29, 1.82) is 0 Å². The van der Waals surface area contributed by atoms with E-state index in [1.165, 1.54) is 19.3 Å². The SMILES string of the molecule is CCCCCCn1nc(C(C)(C)C)cc1CNC(=O)C(C)c1cn(C)c2ccc(O)cc12. The van der Waals surface area contributed by atoms with E-state index in [1.54, 1.807) is 12.1 Å². The van der Waals surface area contributed by atoms with Gasteiger partial charge >= 0.3 is 0 Å². The summed E-state index contributed by atoms with van der Waals surface area (Å²) in [6.07, 6.45) is 6.70. The highest BCUT2D eigenvalue weighted by molar-refractivity contribution is 5.92. The molecule has 2 N–H and O–H groups in total. The number of rotatable bonds is 9. The molecule has 2 aromatic heterocycles. The van der Waals surface area contributed by atoms with Crippen molar-refractivity contribution >= 4 is 16.8 Å². The number of aryl methyl sites for hydroxylation is 2. The summed E-state index contributed by atoms with van der Waals surface area (Å²) in [4.78, 5) is 13.1. The summed E-state index contributed by atoms with van der Waals surface area (Å²) in [6.45, 7) is 11.9. The van der Waals surface area contributed by atoms with Crippen LogP contribution in [0.2, 0.25) is 0 Å². The quantitative estimate of drug-likeness (QED) is 0.441. The van der Waals surface area contributed by atoms with Crippen molar-refractivity contribution in [2.45, 2.75) is 84.7 Å². The Bertz CT molecular complexity index is 1070. The molecular formula is C26H38N4O2. The van der Waals surface area contributed by atoms with Gasteiger partial charge in [0.2, 0.25) is 5.91 Å². The molecule has 0 fully saturated rings. The average Bonchev–Trinajstić information content (AvgIpc) is 3.29. The van der Waals surface area contributed by atoms with Crippen LogP contribution in [0.25, 0.3) is 10.9 Å². The van der Waals surface area contributed by atoms with Crippen molar-refractivity contribution in [1.82, 2.24) is 19.7 Å². The fourth-order valence-electron chi connectivity index (χ4n) is 4.07. The van der Waals surface area contributed by atoms with Gasteiger partial charge in [0.15, 0.2) is 0 Å². The number of fused-ring (bicyclic) bond motifs is 1. The number of carbonyl (C=O) groups excluding carboxylic acids is 1. The van der Waals surface area contributed by atoms with Crippen LogP contribution in [0.5, 0.6) is 5.75 Å². The molecule has 1 unspecified atom stereocenters. The Labute approximate surface area is 191 Å². The van der Waals surface area contributed by atoms with E-state index < -0.39 is 0 Å². The van der Waals surface area contributed by atoms with Crippen LogP contribution >= 0.6 is 0 Å². The summed E-state index contributed by atoms with van der Waals surface area (Å²) in [5.74, 6) is -0.153. The summed E-state index contributed by atoms with van der Waals surface area (Å²) in [6, 6.07) is 7.41. The first-order valence-corrected chi connectivity index (χ1v) is 11.7. The van der Waals surface area contributed by atoms with E-state index in [-0.39, 0.29) is 23.0 Å². The molecule has 0 saturated heterocycles. The maximum absolute atomic E-state index is 13.1. The Balaban J connectivity index is 1.75. The van der Waals surface area contributed by atoms with E-state index in [2.05, 4.69) is 43.8 Å². The number of hydrogen-bond donors (Lipinski definition) is 2. The Morgan fingerprint density at radius 3 is 2.62 bits per heavy atom.